The molecule has 5 heteroatoms. The van der Waals surface area contributed by atoms with Gasteiger partial charge in [-0.2, -0.15) is 0 Å². The molecule has 0 saturated carbocycles. The van der Waals surface area contributed by atoms with Crippen LogP contribution in [0, 0.1) is 12.3 Å². The number of rotatable bonds is 4. The van der Waals surface area contributed by atoms with Gasteiger partial charge >= 0.3 is 5.97 Å². The van der Waals surface area contributed by atoms with Crippen LogP contribution < -0.4 is 10.6 Å². The van der Waals surface area contributed by atoms with E-state index >= 15 is 0 Å². The number of carboxylic acids is 1. The Labute approximate surface area is 94.6 Å². The molecule has 1 rings (SSSR count). The van der Waals surface area contributed by atoms with Crippen molar-refractivity contribution < 1.29 is 14.7 Å². The summed E-state index contributed by atoms with van der Waals surface area (Å²) in [7, 11) is 0. The molecule has 1 aliphatic rings. The van der Waals surface area contributed by atoms with E-state index in [1.165, 1.54) is 0 Å². The molecule has 1 saturated heterocycles. The number of carbonyl (C=O) groups excluding carboxylic acids is 1. The molecule has 0 radical (unpaired) electrons. The minimum absolute atomic E-state index is 0.00773. The van der Waals surface area contributed by atoms with Crippen molar-refractivity contribution in [3.05, 3.63) is 0 Å². The lowest BCUT2D eigenvalue weighted by atomic mass is 10.0. The van der Waals surface area contributed by atoms with Crippen LogP contribution in [0.3, 0.4) is 0 Å². The fourth-order valence-corrected chi connectivity index (χ4v) is 1.67. The molecule has 2 atom stereocenters. The standard InChI is InChI=1S/C11H16N2O3/c1-2-5-9(11(15)16)13-10(14)8-6-3-4-7-12-8/h1,8-9,12H,3-7H2,(H,13,14)(H,15,16)/t8-,9?/m1/s1. The topological polar surface area (TPSA) is 78.4 Å². The first-order valence-electron chi connectivity index (χ1n) is 5.35. The van der Waals surface area contributed by atoms with E-state index in [1.807, 2.05) is 0 Å². The molecule has 1 aliphatic heterocycles. The molecule has 3 N–H and O–H groups in total. The van der Waals surface area contributed by atoms with E-state index in [1.54, 1.807) is 0 Å². The molecule has 0 aliphatic carbocycles. The maximum absolute atomic E-state index is 11.7. The van der Waals surface area contributed by atoms with E-state index in [-0.39, 0.29) is 18.4 Å². The van der Waals surface area contributed by atoms with Crippen LogP contribution in [0.4, 0.5) is 0 Å². The van der Waals surface area contributed by atoms with Crippen LogP contribution in [0.1, 0.15) is 25.7 Å². The van der Waals surface area contributed by atoms with Crippen molar-refractivity contribution >= 4 is 11.9 Å². The molecule has 0 bridgehead atoms. The second-order valence-electron chi connectivity index (χ2n) is 3.81. The van der Waals surface area contributed by atoms with Crippen molar-refractivity contribution in [2.75, 3.05) is 6.54 Å². The smallest absolute Gasteiger partial charge is 0.327 e. The molecule has 5 nitrogen and oxygen atoms in total. The van der Waals surface area contributed by atoms with Gasteiger partial charge in [-0.15, -0.1) is 12.3 Å². The average Bonchev–Trinajstić information content (AvgIpc) is 2.29. The molecule has 0 aromatic heterocycles. The third kappa shape index (κ3) is 3.55. The highest BCUT2D eigenvalue weighted by Gasteiger charge is 2.25. The normalized spacial score (nSPS) is 21.8. The molecule has 16 heavy (non-hydrogen) atoms. The Morgan fingerprint density at radius 3 is 2.81 bits per heavy atom. The summed E-state index contributed by atoms with van der Waals surface area (Å²) in [5.41, 5.74) is 0. The van der Waals surface area contributed by atoms with Gasteiger partial charge in [-0.3, -0.25) is 4.79 Å². The zero-order valence-electron chi connectivity index (χ0n) is 9.03. The summed E-state index contributed by atoms with van der Waals surface area (Å²) in [6, 6.07) is -1.27. The van der Waals surface area contributed by atoms with Gasteiger partial charge in [0.25, 0.3) is 0 Å². The van der Waals surface area contributed by atoms with Gasteiger partial charge in [-0.1, -0.05) is 6.42 Å². The molecular weight excluding hydrogens is 208 g/mol. The highest BCUT2D eigenvalue weighted by molar-refractivity contribution is 5.87. The minimum atomic E-state index is -1.10. The number of nitrogens with one attached hydrogen (secondary N) is 2. The Morgan fingerprint density at radius 1 is 1.56 bits per heavy atom. The van der Waals surface area contributed by atoms with Crippen LogP contribution in [0.2, 0.25) is 0 Å². The Morgan fingerprint density at radius 2 is 2.31 bits per heavy atom. The second-order valence-corrected chi connectivity index (χ2v) is 3.81. The summed E-state index contributed by atoms with van der Waals surface area (Å²) in [6.45, 7) is 0.797. The lowest BCUT2D eigenvalue weighted by molar-refractivity contribution is -0.142. The lowest BCUT2D eigenvalue weighted by Crippen LogP contribution is -2.51. The molecule has 1 heterocycles. The molecule has 0 aromatic carbocycles. The van der Waals surface area contributed by atoms with Gasteiger partial charge in [0.15, 0.2) is 0 Å². The Hall–Kier alpha value is -1.54. The van der Waals surface area contributed by atoms with E-state index < -0.39 is 12.0 Å². The highest BCUT2D eigenvalue weighted by atomic mass is 16.4. The van der Waals surface area contributed by atoms with Gasteiger partial charge in [0.1, 0.15) is 6.04 Å². The SMILES string of the molecule is C#CCC(NC(=O)[C@H]1CCCCN1)C(=O)O. The van der Waals surface area contributed by atoms with Crippen LogP contribution in [-0.4, -0.2) is 35.6 Å². The summed E-state index contributed by atoms with van der Waals surface area (Å²) in [5.74, 6) is 0.871. The van der Waals surface area contributed by atoms with Gasteiger partial charge in [0, 0.05) is 6.42 Å². The van der Waals surface area contributed by atoms with Gasteiger partial charge in [-0.05, 0) is 19.4 Å². The molecule has 1 amide bonds. The summed E-state index contributed by atoms with van der Waals surface area (Å²) in [6.07, 6.45) is 7.83. The number of carboxylic acid groups (broad SMARTS) is 1. The van der Waals surface area contributed by atoms with Crippen molar-refractivity contribution in [2.24, 2.45) is 0 Å². The number of terminal acetylenes is 1. The summed E-state index contributed by atoms with van der Waals surface area (Å²) < 4.78 is 0. The quantitative estimate of drug-likeness (QED) is 0.574. The number of piperidine rings is 1. The first kappa shape index (κ1) is 12.5. The summed E-state index contributed by atoms with van der Waals surface area (Å²) >= 11 is 0. The second kappa shape index (κ2) is 6.13. The predicted molar refractivity (Wildman–Crippen MR) is 58.7 cm³/mol. The summed E-state index contributed by atoms with van der Waals surface area (Å²) in [5, 5.41) is 14.3. The molecule has 0 spiro atoms. The van der Waals surface area contributed by atoms with Gasteiger partial charge in [-0.25, -0.2) is 4.79 Å². The largest absolute Gasteiger partial charge is 0.480 e. The molecule has 1 fully saturated rings. The first-order valence-corrected chi connectivity index (χ1v) is 5.35. The molecular formula is C11H16N2O3. The predicted octanol–water partition coefficient (Wildman–Crippen LogP) is -0.279. The van der Waals surface area contributed by atoms with E-state index in [0.717, 1.165) is 25.8 Å². The van der Waals surface area contributed by atoms with Gasteiger partial charge in [0.2, 0.25) is 5.91 Å². The number of amides is 1. The lowest BCUT2D eigenvalue weighted by Gasteiger charge is -2.24. The van der Waals surface area contributed by atoms with Crippen LogP contribution in [0.15, 0.2) is 0 Å². The third-order valence-corrected chi connectivity index (χ3v) is 2.56. The minimum Gasteiger partial charge on any atom is -0.480 e. The van der Waals surface area contributed by atoms with Crippen molar-refractivity contribution in [1.29, 1.82) is 0 Å². The maximum atomic E-state index is 11.7. The Bertz CT molecular complexity index is 303. The zero-order valence-corrected chi connectivity index (χ0v) is 9.03. The zero-order chi connectivity index (χ0) is 12.0. The van der Waals surface area contributed by atoms with Crippen LogP contribution >= 0.6 is 0 Å². The van der Waals surface area contributed by atoms with Crippen molar-refractivity contribution in [3.63, 3.8) is 0 Å². The fraction of sp³-hybridized carbons (Fsp3) is 0.636. The number of hydrogen-bond acceptors (Lipinski definition) is 3. The van der Waals surface area contributed by atoms with Gasteiger partial charge in [0.05, 0.1) is 6.04 Å². The number of aliphatic carboxylic acids is 1. The fourth-order valence-electron chi connectivity index (χ4n) is 1.67. The highest BCUT2D eigenvalue weighted by Crippen LogP contribution is 2.07. The van der Waals surface area contributed by atoms with Crippen LogP contribution in [-0.2, 0) is 9.59 Å². The van der Waals surface area contributed by atoms with Crippen molar-refractivity contribution in [1.82, 2.24) is 10.6 Å². The van der Waals surface area contributed by atoms with Crippen molar-refractivity contribution in [3.8, 4) is 12.3 Å². The Balaban J connectivity index is 2.47. The number of hydrogen-bond donors (Lipinski definition) is 3. The maximum Gasteiger partial charge on any atom is 0.327 e. The molecule has 0 aromatic rings. The first-order chi connectivity index (χ1) is 7.65. The number of carbonyl (C=O) groups is 2. The van der Waals surface area contributed by atoms with Crippen LogP contribution in [0.5, 0.6) is 0 Å². The van der Waals surface area contributed by atoms with E-state index in [9.17, 15) is 9.59 Å². The van der Waals surface area contributed by atoms with Crippen LogP contribution in [0.25, 0.3) is 0 Å². The van der Waals surface area contributed by atoms with E-state index in [4.69, 9.17) is 11.5 Å². The molecule has 88 valence electrons. The summed E-state index contributed by atoms with van der Waals surface area (Å²) in [4.78, 5) is 22.5. The van der Waals surface area contributed by atoms with Crippen molar-refractivity contribution in [2.45, 2.75) is 37.8 Å². The molecule has 1 unspecified atom stereocenters. The monoisotopic (exact) mass is 224 g/mol. The van der Waals surface area contributed by atoms with E-state index in [0.29, 0.717) is 0 Å². The average molecular weight is 224 g/mol. The third-order valence-electron chi connectivity index (χ3n) is 2.56. The van der Waals surface area contributed by atoms with Gasteiger partial charge < -0.3 is 15.7 Å². The van der Waals surface area contributed by atoms with E-state index in [2.05, 4.69) is 16.6 Å². The Kier molecular flexibility index (Phi) is 4.80.